The van der Waals surface area contributed by atoms with E-state index in [0.29, 0.717) is 29.1 Å². The Kier molecular flexibility index (Phi) is 3.43. The van der Waals surface area contributed by atoms with Crippen LogP contribution in [0, 0.1) is 40.4 Å². The molecule has 0 N–H and O–H groups in total. The van der Waals surface area contributed by atoms with E-state index in [0.717, 1.165) is 37.0 Å². The molecule has 4 unspecified atom stereocenters. The van der Waals surface area contributed by atoms with Gasteiger partial charge in [0.2, 0.25) is 0 Å². The van der Waals surface area contributed by atoms with Crippen molar-refractivity contribution in [2.75, 3.05) is 0 Å². The maximum absolute atomic E-state index is 12.7. The zero-order valence-electron chi connectivity index (χ0n) is 16.6. The standard InChI is InChI=1S/C23H36O2/c1-21(2)13-14-15-7-5-6-11-22(15,3)17-10-12-23(4)16(8-9-18(23)24)19(17)20(14)25-21/h14-17,19-20H,5-13H2,1-4H3/t14-,15?,16?,17?,19?,20+,22+,23+/m1/s1. The molecule has 2 heteroatoms. The maximum atomic E-state index is 12.7. The van der Waals surface area contributed by atoms with Gasteiger partial charge < -0.3 is 4.74 Å². The second-order valence-corrected chi connectivity index (χ2v) is 11.3. The quantitative estimate of drug-likeness (QED) is 0.589. The molecule has 4 saturated carbocycles. The molecule has 5 rings (SSSR count). The van der Waals surface area contributed by atoms with E-state index in [1.54, 1.807) is 0 Å². The van der Waals surface area contributed by atoms with Crippen molar-refractivity contribution in [1.29, 1.82) is 0 Å². The van der Waals surface area contributed by atoms with Crippen molar-refractivity contribution in [3.8, 4) is 0 Å². The average Bonchev–Trinajstić information content (AvgIpc) is 3.03. The largest absolute Gasteiger partial charge is 0.372 e. The second kappa shape index (κ2) is 5.12. The summed E-state index contributed by atoms with van der Waals surface area (Å²) in [5.74, 6) is 4.16. The zero-order valence-corrected chi connectivity index (χ0v) is 16.6. The molecule has 0 radical (unpaired) electrons. The van der Waals surface area contributed by atoms with Gasteiger partial charge in [-0.2, -0.15) is 0 Å². The Morgan fingerprint density at radius 3 is 2.52 bits per heavy atom. The van der Waals surface area contributed by atoms with Gasteiger partial charge in [0.1, 0.15) is 5.78 Å². The average molecular weight is 345 g/mol. The van der Waals surface area contributed by atoms with Crippen LogP contribution in [0.3, 0.4) is 0 Å². The molecule has 1 saturated heterocycles. The van der Waals surface area contributed by atoms with Crippen molar-refractivity contribution >= 4 is 5.78 Å². The van der Waals surface area contributed by atoms with Crippen LogP contribution in [0.4, 0.5) is 0 Å². The number of Topliss-reactive ketones (excluding diaryl/α,β-unsaturated/α-hetero) is 1. The highest BCUT2D eigenvalue weighted by Crippen LogP contribution is 2.69. The summed E-state index contributed by atoms with van der Waals surface area (Å²) in [7, 11) is 0. The van der Waals surface area contributed by atoms with Gasteiger partial charge in [-0.05, 0) is 87.4 Å². The normalized spacial score (nSPS) is 56.7. The highest BCUT2D eigenvalue weighted by Gasteiger charge is 2.67. The van der Waals surface area contributed by atoms with Crippen LogP contribution in [-0.2, 0) is 9.53 Å². The van der Waals surface area contributed by atoms with Gasteiger partial charge in [0.25, 0.3) is 0 Å². The molecule has 5 aliphatic rings. The van der Waals surface area contributed by atoms with Crippen LogP contribution in [0.1, 0.15) is 85.5 Å². The number of fused-ring (bicyclic) bond motifs is 8. The van der Waals surface area contributed by atoms with E-state index in [1.165, 1.54) is 38.5 Å². The van der Waals surface area contributed by atoms with Crippen LogP contribution in [0.15, 0.2) is 0 Å². The van der Waals surface area contributed by atoms with E-state index in [1.807, 2.05) is 0 Å². The maximum Gasteiger partial charge on any atom is 0.139 e. The molecule has 0 bridgehead atoms. The number of hydrogen-bond acceptors (Lipinski definition) is 2. The van der Waals surface area contributed by atoms with E-state index in [9.17, 15) is 4.79 Å². The summed E-state index contributed by atoms with van der Waals surface area (Å²) in [5.41, 5.74) is 0.486. The van der Waals surface area contributed by atoms with Gasteiger partial charge >= 0.3 is 0 Å². The molecule has 0 aromatic rings. The highest BCUT2D eigenvalue weighted by atomic mass is 16.5. The summed E-state index contributed by atoms with van der Waals surface area (Å²) < 4.78 is 6.79. The Morgan fingerprint density at radius 1 is 0.920 bits per heavy atom. The van der Waals surface area contributed by atoms with Crippen LogP contribution in [0.2, 0.25) is 0 Å². The van der Waals surface area contributed by atoms with E-state index in [-0.39, 0.29) is 11.0 Å². The monoisotopic (exact) mass is 344 g/mol. The van der Waals surface area contributed by atoms with Gasteiger partial charge in [-0.1, -0.05) is 26.7 Å². The first kappa shape index (κ1) is 16.8. The van der Waals surface area contributed by atoms with Crippen molar-refractivity contribution in [3.05, 3.63) is 0 Å². The van der Waals surface area contributed by atoms with Gasteiger partial charge in [-0.3, -0.25) is 4.79 Å². The minimum Gasteiger partial charge on any atom is -0.372 e. The predicted molar refractivity (Wildman–Crippen MR) is 99.2 cm³/mol. The van der Waals surface area contributed by atoms with Gasteiger partial charge in [-0.15, -0.1) is 0 Å². The topological polar surface area (TPSA) is 26.3 Å². The Labute approximate surface area is 153 Å². The summed E-state index contributed by atoms with van der Waals surface area (Å²) in [6, 6.07) is 0. The number of carbonyl (C=O) groups excluding carboxylic acids is 1. The lowest BCUT2D eigenvalue weighted by Crippen LogP contribution is -2.60. The molecule has 0 aromatic heterocycles. The Hall–Kier alpha value is -0.370. The van der Waals surface area contributed by atoms with Crippen LogP contribution in [-0.4, -0.2) is 17.5 Å². The minimum absolute atomic E-state index is 0.0268. The predicted octanol–water partition coefficient (Wildman–Crippen LogP) is 5.39. The molecule has 2 nitrogen and oxygen atoms in total. The molecule has 140 valence electrons. The van der Waals surface area contributed by atoms with Crippen LogP contribution in [0.25, 0.3) is 0 Å². The van der Waals surface area contributed by atoms with Crippen molar-refractivity contribution in [2.45, 2.75) is 97.2 Å². The number of ether oxygens (including phenoxy) is 1. The SMILES string of the molecule is CC1(C)C[C@@H]2C3CCCC[C@]3(C)C3CC[C@]4(C)C(=O)CCC4C3[C@H]2O1. The summed E-state index contributed by atoms with van der Waals surface area (Å²) in [6.07, 6.45) is 11.7. The lowest BCUT2D eigenvalue weighted by molar-refractivity contribution is -0.189. The van der Waals surface area contributed by atoms with Crippen LogP contribution in [0.5, 0.6) is 0 Å². The molecule has 8 atom stereocenters. The molecule has 1 heterocycles. The first-order chi connectivity index (χ1) is 11.8. The summed E-state index contributed by atoms with van der Waals surface area (Å²) in [5, 5.41) is 0. The molecule has 25 heavy (non-hydrogen) atoms. The Bertz CT molecular complexity index is 595. The van der Waals surface area contributed by atoms with Gasteiger partial charge in [0, 0.05) is 11.8 Å². The van der Waals surface area contributed by atoms with Crippen molar-refractivity contribution in [2.24, 2.45) is 40.4 Å². The van der Waals surface area contributed by atoms with Gasteiger partial charge in [0.15, 0.2) is 0 Å². The number of ketones is 1. The number of carbonyl (C=O) groups is 1. The number of hydrogen-bond donors (Lipinski definition) is 0. The molecule has 0 amide bonds. The minimum atomic E-state index is -0.0420. The fourth-order valence-corrected chi connectivity index (χ4v) is 8.67. The lowest BCUT2D eigenvalue weighted by atomic mass is 9.42. The highest BCUT2D eigenvalue weighted by molar-refractivity contribution is 5.87. The third-order valence-corrected chi connectivity index (χ3v) is 9.72. The molecule has 0 spiro atoms. The summed E-state index contributed by atoms with van der Waals surface area (Å²) in [4.78, 5) is 12.7. The Balaban J connectivity index is 1.60. The number of rotatable bonds is 0. The molecule has 0 aromatic carbocycles. The Morgan fingerprint density at radius 2 is 1.72 bits per heavy atom. The van der Waals surface area contributed by atoms with E-state index < -0.39 is 0 Å². The van der Waals surface area contributed by atoms with Crippen molar-refractivity contribution in [1.82, 2.24) is 0 Å². The fraction of sp³-hybridized carbons (Fsp3) is 0.957. The lowest BCUT2D eigenvalue weighted by Gasteiger charge is -2.63. The van der Waals surface area contributed by atoms with Crippen molar-refractivity contribution < 1.29 is 9.53 Å². The molecular weight excluding hydrogens is 308 g/mol. The van der Waals surface area contributed by atoms with E-state index in [4.69, 9.17) is 4.74 Å². The second-order valence-electron chi connectivity index (χ2n) is 11.3. The first-order valence-corrected chi connectivity index (χ1v) is 11.0. The third kappa shape index (κ3) is 2.10. The van der Waals surface area contributed by atoms with E-state index >= 15 is 0 Å². The van der Waals surface area contributed by atoms with Crippen molar-refractivity contribution in [3.63, 3.8) is 0 Å². The first-order valence-electron chi connectivity index (χ1n) is 11.0. The molecule has 5 fully saturated rings. The van der Waals surface area contributed by atoms with Gasteiger partial charge in [-0.25, -0.2) is 0 Å². The molecule has 4 aliphatic carbocycles. The fourth-order valence-electron chi connectivity index (χ4n) is 8.67. The van der Waals surface area contributed by atoms with E-state index in [2.05, 4.69) is 27.7 Å². The molecule has 1 aliphatic heterocycles. The summed E-state index contributed by atoms with van der Waals surface area (Å²) >= 11 is 0. The van der Waals surface area contributed by atoms with Crippen LogP contribution >= 0.6 is 0 Å². The third-order valence-electron chi connectivity index (χ3n) is 9.72. The molecular formula is C23H36O2. The zero-order chi connectivity index (χ0) is 17.6. The summed E-state index contributed by atoms with van der Waals surface area (Å²) in [6.45, 7) is 9.55. The van der Waals surface area contributed by atoms with Crippen LogP contribution < -0.4 is 0 Å². The van der Waals surface area contributed by atoms with Gasteiger partial charge in [0.05, 0.1) is 11.7 Å². The smallest absolute Gasteiger partial charge is 0.139 e.